The first kappa shape index (κ1) is 15.2. The topological polar surface area (TPSA) is 65.7 Å². The van der Waals surface area contributed by atoms with Gasteiger partial charge in [0.15, 0.2) is 0 Å². The van der Waals surface area contributed by atoms with Crippen molar-refractivity contribution in [2.24, 2.45) is 0 Å². The molecule has 0 radical (unpaired) electrons. The molecule has 0 bridgehead atoms. The van der Waals surface area contributed by atoms with Crippen LogP contribution in [-0.2, 0) is 6.54 Å². The van der Waals surface area contributed by atoms with E-state index in [1.54, 1.807) is 50.5 Å². The summed E-state index contributed by atoms with van der Waals surface area (Å²) in [5, 5.41) is 14.8. The Morgan fingerprint density at radius 1 is 1.14 bits per heavy atom. The first-order valence-corrected chi connectivity index (χ1v) is 6.64. The fraction of sp³-hybridized carbons (Fsp3) is 0.400. The number of ether oxygens (including phenoxy) is 3. The Morgan fingerprint density at radius 2 is 1.76 bits per heavy atom. The summed E-state index contributed by atoms with van der Waals surface area (Å²) in [4.78, 5) is 0. The predicted octanol–water partition coefficient (Wildman–Crippen LogP) is 2.01. The van der Waals surface area contributed by atoms with E-state index in [1.807, 2.05) is 6.92 Å². The minimum Gasteiger partial charge on any atom is -0.496 e. The van der Waals surface area contributed by atoms with Crippen LogP contribution in [0.4, 0.5) is 0 Å². The number of aliphatic hydroxyl groups excluding tert-OH is 1. The fourth-order valence-electron chi connectivity index (χ4n) is 2.16. The standard InChI is InChI=1S/C15H20N2O4/c1-5-17-9-10(8-16-17)15(18)14-12(20-3)6-11(19-2)7-13(14)21-4/h6-9,15,18H,5H2,1-4H3. The predicted molar refractivity (Wildman–Crippen MR) is 78.1 cm³/mol. The van der Waals surface area contributed by atoms with E-state index >= 15 is 0 Å². The van der Waals surface area contributed by atoms with Crippen LogP contribution in [0, 0.1) is 0 Å². The first-order valence-electron chi connectivity index (χ1n) is 6.64. The number of aromatic nitrogens is 2. The molecule has 0 aliphatic carbocycles. The number of aryl methyl sites for hydroxylation is 1. The first-order chi connectivity index (χ1) is 10.1. The quantitative estimate of drug-likeness (QED) is 0.882. The molecule has 0 aliphatic rings. The molecule has 0 aliphatic heterocycles. The lowest BCUT2D eigenvalue weighted by atomic mass is 10.0. The van der Waals surface area contributed by atoms with Gasteiger partial charge in [0.2, 0.25) is 0 Å². The van der Waals surface area contributed by atoms with Crippen molar-refractivity contribution >= 4 is 0 Å². The lowest BCUT2D eigenvalue weighted by Gasteiger charge is -2.18. The molecule has 0 spiro atoms. The third kappa shape index (κ3) is 2.95. The molecule has 0 saturated carbocycles. The molecule has 2 rings (SSSR count). The van der Waals surface area contributed by atoms with Crippen molar-refractivity contribution in [2.75, 3.05) is 21.3 Å². The molecule has 114 valence electrons. The molecule has 1 aromatic carbocycles. The molecule has 0 saturated heterocycles. The molecule has 6 heteroatoms. The van der Waals surface area contributed by atoms with Gasteiger partial charge in [-0.1, -0.05) is 0 Å². The second-order valence-electron chi connectivity index (χ2n) is 4.48. The normalized spacial score (nSPS) is 12.0. The van der Waals surface area contributed by atoms with Gasteiger partial charge in [0.25, 0.3) is 0 Å². The molecule has 0 fully saturated rings. The maximum absolute atomic E-state index is 10.6. The van der Waals surface area contributed by atoms with Gasteiger partial charge in [-0.25, -0.2) is 0 Å². The summed E-state index contributed by atoms with van der Waals surface area (Å²) in [6.45, 7) is 2.72. The van der Waals surface area contributed by atoms with Crippen LogP contribution in [0.25, 0.3) is 0 Å². The summed E-state index contributed by atoms with van der Waals surface area (Å²) in [6, 6.07) is 3.43. The van der Waals surface area contributed by atoms with Crippen molar-refractivity contribution in [2.45, 2.75) is 19.6 Å². The summed E-state index contributed by atoms with van der Waals surface area (Å²) < 4.78 is 17.7. The number of benzene rings is 1. The average molecular weight is 292 g/mol. The molecule has 1 aromatic heterocycles. The average Bonchev–Trinajstić information content (AvgIpc) is 3.01. The van der Waals surface area contributed by atoms with E-state index in [1.165, 1.54) is 0 Å². The van der Waals surface area contributed by atoms with Crippen LogP contribution in [0.15, 0.2) is 24.5 Å². The zero-order valence-corrected chi connectivity index (χ0v) is 12.7. The Balaban J connectivity index is 2.50. The Bertz CT molecular complexity index is 584. The maximum atomic E-state index is 10.6. The van der Waals surface area contributed by atoms with Crippen molar-refractivity contribution in [1.82, 2.24) is 9.78 Å². The number of nitrogens with zero attached hydrogens (tertiary/aromatic N) is 2. The third-order valence-electron chi connectivity index (χ3n) is 3.32. The van der Waals surface area contributed by atoms with Crippen LogP contribution in [-0.4, -0.2) is 36.2 Å². The minimum absolute atomic E-state index is 0.503. The molecule has 0 amide bonds. The van der Waals surface area contributed by atoms with Crippen LogP contribution in [0.5, 0.6) is 17.2 Å². The molecule has 21 heavy (non-hydrogen) atoms. The Labute approximate surface area is 123 Å². The summed E-state index contributed by atoms with van der Waals surface area (Å²) in [5.41, 5.74) is 1.23. The van der Waals surface area contributed by atoms with Crippen molar-refractivity contribution < 1.29 is 19.3 Å². The van der Waals surface area contributed by atoms with E-state index in [0.29, 0.717) is 28.4 Å². The highest BCUT2D eigenvalue weighted by Crippen LogP contribution is 2.40. The molecular formula is C15H20N2O4. The molecule has 6 nitrogen and oxygen atoms in total. The number of methoxy groups -OCH3 is 3. The SMILES string of the molecule is CCn1cc(C(O)c2c(OC)cc(OC)cc2OC)cn1. The van der Waals surface area contributed by atoms with Crippen molar-refractivity contribution in [3.05, 3.63) is 35.7 Å². The number of hydrogen-bond acceptors (Lipinski definition) is 5. The van der Waals surface area contributed by atoms with Gasteiger partial charge in [-0.15, -0.1) is 0 Å². The van der Waals surface area contributed by atoms with Crippen LogP contribution in [0.3, 0.4) is 0 Å². The monoisotopic (exact) mass is 292 g/mol. The highest BCUT2D eigenvalue weighted by molar-refractivity contribution is 5.53. The van der Waals surface area contributed by atoms with Crippen molar-refractivity contribution in [1.29, 1.82) is 0 Å². The number of rotatable bonds is 6. The highest BCUT2D eigenvalue weighted by Gasteiger charge is 2.23. The van der Waals surface area contributed by atoms with Gasteiger partial charge in [0.1, 0.15) is 23.4 Å². The van der Waals surface area contributed by atoms with E-state index in [-0.39, 0.29) is 0 Å². The largest absolute Gasteiger partial charge is 0.496 e. The van der Waals surface area contributed by atoms with E-state index < -0.39 is 6.10 Å². The van der Waals surface area contributed by atoms with Gasteiger partial charge in [-0.2, -0.15) is 5.10 Å². The minimum atomic E-state index is -0.888. The Hall–Kier alpha value is -2.21. The zero-order valence-electron chi connectivity index (χ0n) is 12.7. The fourth-order valence-corrected chi connectivity index (χ4v) is 2.16. The lowest BCUT2D eigenvalue weighted by molar-refractivity contribution is 0.208. The van der Waals surface area contributed by atoms with Crippen LogP contribution in [0.2, 0.25) is 0 Å². The van der Waals surface area contributed by atoms with Crippen LogP contribution >= 0.6 is 0 Å². The van der Waals surface area contributed by atoms with Crippen LogP contribution in [0.1, 0.15) is 24.2 Å². The second-order valence-corrected chi connectivity index (χ2v) is 4.48. The van der Waals surface area contributed by atoms with Crippen LogP contribution < -0.4 is 14.2 Å². The summed E-state index contributed by atoms with van der Waals surface area (Å²) in [6.07, 6.45) is 2.55. The van der Waals surface area contributed by atoms with Gasteiger partial charge in [0, 0.05) is 30.4 Å². The molecule has 1 heterocycles. The number of aliphatic hydroxyl groups is 1. The van der Waals surface area contributed by atoms with Gasteiger partial charge >= 0.3 is 0 Å². The summed E-state index contributed by atoms with van der Waals surface area (Å²) >= 11 is 0. The van der Waals surface area contributed by atoms with E-state index in [0.717, 1.165) is 6.54 Å². The summed E-state index contributed by atoms with van der Waals surface area (Å²) in [7, 11) is 4.65. The second kappa shape index (κ2) is 6.49. The highest BCUT2D eigenvalue weighted by atomic mass is 16.5. The molecule has 1 atom stereocenters. The molecule has 2 aromatic rings. The third-order valence-corrected chi connectivity index (χ3v) is 3.32. The number of hydrogen-bond donors (Lipinski definition) is 1. The van der Waals surface area contributed by atoms with Gasteiger partial charge < -0.3 is 19.3 Å². The van der Waals surface area contributed by atoms with Crippen molar-refractivity contribution in [3.8, 4) is 17.2 Å². The maximum Gasteiger partial charge on any atom is 0.132 e. The van der Waals surface area contributed by atoms with Crippen molar-refractivity contribution in [3.63, 3.8) is 0 Å². The Kier molecular flexibility index (Phi) is 4.70. The lowest BCUT2D eigenvalue weighted by Crippen LogP contribution is -2.05. The molecular weight excluding hydrogens is 272 g/mol. The van der Waals surface area contributed by atoms with Gasteiger partial charge in [0.05, 0.1) is 33.1 Å². The Morgan fingerprint density at radius 3 is 2.19 bits per heavy atom. The molecule has 1 unspecified atom stereocenters. The smallest absolute Gasteiger partial charge is 0.132 e. The summed E-state index contributed by atoms with van der Waals surface area (Å²) in [5.74, 6) is 1.61. The molecule has 1 N–H and O–H groups in total. The zero-order chi connectivity index (χ0) is 15.4. The van der Waals surface area contributed by atoms with E-state index in [4.69, 9.17) is 14.2 Å². The van der Waals surface area contributed by atoms with E-state index in [2.05, 4.69) is 5.10 Å². The van der Waals surface area contributed by atoms with Gasteiger partial charge in [-0.3, -0.25) is 4.68 Å². The van der Waals surface area contributed by atoms with E-state index in [9.17, 15) is 5.11 Å². The van der Waals surface area contributed by atoms with Gasteiger partial charge in [-0.05, 0) is 6.92 Å².